The monoisotopic (exact) mass is 525 g/mol. The molecule has 0 aliphatic heterocycles. The second-order valence-corrected chi connectivity index (χ2v) is 7.29. The first kappa shape index (κ1) is 23.5. The molecule has 0 radical (unpaired) electrons. The number of ether oxygens (including phenoxy) is 3. The van der Waals surface area contributed by atoms with Crippen LogP contribution in [0.2, 0.25) is 0 Å². The zero-order valence-corrected chi connectivity index (χ0v) is 19.3. The summed E-state index contributed by atoms with van der Waals surface area (Å²) >= 11 is 2.15. The second kappa shape index (κ2) is 11.4. The summed E-state index contributed by atoms with van der Waals surface area (Å²) in [5.74, 6) is 1.08. The summed E-state index contributed by atoms with van der Waals surface area (Å²) in [4.78, 5) is 24.5. The molecule has 0 saturated carbocycles. The predicted octanol–water partition coefficient (Wildman–Crippen LogP) is 2.98. The van der Waals surface area contributed by atoms with Crippen molar-refractivity contribution in [1.82, 2.24) is 10.7 Å². The largest absolute Gasteiger partial charge is 0.497 e. The molecule has 2 aromatic carbocycles. The molecule has 0 aromatic heterocycles. The predicted molar refractivity (Wildman–Crippen MR) is 123 cm³/mol. The number of hydrazone groups is 1. The van der Waals surface area contributed by atoms with E-state index in [4.69, 9.17) is 14.2 Å². The second-order valence-electron chi connectivity index (χ2n) is 6.13. The van der Waals surface area contributed by atoms with E-state index in [-0.39, 0.29) is 5.91 Å². The lowest BCUT2D eigenvalue weighted by molar-refractivity contribution is -0.122. The van der Waals surface area contributed by atoms with E-state index >= 15 is 0 Å². The van der Waals surface area contributed by atoms with Gasteiger partial charge in [-0.25, -0.2) is 5.43 Å². The fourth-order valence-electron chi connectivity index (χ4n) is 2.45. The Kier molecular flexibility index (Phi) is 8.90. The molecular weight excluding hydrogens is 501 g/mol. The fraction of sp³-hybridized carbons (Fsp3) is 0.286. The SMILES string of the molecule is CCOc1c(I)cc(C=NNC(=O)C(C)NC(=O)c2ccc(OC)cc2)cc1OC. The number of nitrogens with zero attached hydrogens (tertiary/aromatic N) is 1. The summed E-state index contributed by atoms with van der Waals surface area (Å²) < 4.78 is 16.9. The van der Waals surface area contributed by atoms with Gasteiger partial charge in [0.1, 0.15) is 11.8 Å². The van der Waals surface area contributed by atoms with E-state index in [1.54, 1.807) is 51.5 Å². The van der Waals surface area contributed by atoms with Crippen molar-refractivity contribution in [3.05, 3.63) is 51.1 Å². The smallest absolute Gasteiger partial charge is 0.262 e. The Morgan fingerprint density at radius 2 is 1.87 bits per heavy atom. The zero-order valence-electron chi connectivity index (χ0n) is 17.2. The van der Waals surface area contributed by atoms with Crippen LogP contribution in [-0.2, 0) is 4.79 Å². The average Bonchev–Trinajstić information content (AvgIpc) is 2.75. The minimum absolute atomic E-state index is 0.366. The fourth-order valence-corrected chi connectivity index (χ4v) is 3.23. The van der Waals surface area contributed by atoms with Crippen LogP contribution in [0, 0.1) is 3.57 Å². The topological polar surface area (TPSA) is 98.2 Å². The summed E-state index contributed by atoms with van der Waals surface area (Å²) in [6, 6.07) is 9.45. The maximum absolute atomic E-state index is 12.3. The van der Waals surface area contributed by atoms with Crippen LogP contribution in [0.15, 0.2) is 41.5 Å². The van der Waals surface area contributed by atoms with Crippen molar-refractivity contribution in [1.29, 1.82) is 0 Å². The first-order valence-electron chi connectivity index (χ1n) is 9.17. The molecule has 0 saturated heterocycles. The zero-order chi connectivity index (χ0) is 22.1. The molecule has 0 bridgehead atoms. The number of methoxy groups -OCH3 is 2. The number of carbonyl (C=O) groups excluding carboxylic acids is 2. The Bertz CT molecular complexity index is 916. The number of benzene rings is 2. The van der Waals surface area contributed by atoms with Gasteiger partial charge in [-0.05, 0) is 78.4 Å². The molecule has 2 amide bonds. The van der Waals surface area contributed by atoms with Gasteiger partial charge >= 0.3 is 0 Å². The first-order valence-corrected chi connectivity index (χ1v) is 10.3. The van der Waals surface area contributed by atoms with Gasteiger partial charge in [-0.2, -0.15) is 5.10 Å². The van der Waals surface area contributed by atoms with E-state index in [9.17, 15) is 9.59 Å². The van der Waals surface area contributed by atoms with Crippen molar-refractivity contribution < 1.29 is 23.8 Å². The Hall–Kier alpha value is -2.82. The van der Waals surface area contributed by atoms with Crippen molar-refractivity contribution in [3.8, 4) is 17.2 Å². The standard InChI is InChI=1S/C21H24IN3O5/c1-5-30-19-17(22)10-14(11-18(19)29-4)12-23-25-20(26)13(2)24-21(27)15-6-8-16(28-3)9-7-15/h6-13H,5H2,1-4H3,(H,24,27)(H,25,26). The highest BCUT2D eigenvalue weighted by Gasteiger charge is 2.16. The molecule has 0 heterocycles. The molecule has 8 nitrogen and oxygen atoms in total. The molecule has 0 fully saturated rings. The van der Waals surface area contributed by atoms with Crippen molar-refractivity contribution in [2.24, 2.45) is 5.10 Å². The van der Waals surface area contributed by atoms with Crippen molar-refractivity contribution in [2.45, 2.75) is 19.9 Å². The van der Waals surface area contributed by atoms with Crippen molar-refractivity contribution >= 4 is 40.6 Å². The summed E-state index contributed by atoms with van der Waals surface area (Å²) in [6.45, 7) is 4.00. The quantitative estimate of drug-likeness (QED) is 0.298. The molecule has 0 spiro atoms. The van der Waals surface area contributed by atoms with Crippen LogP contribution in [0.25, 0.3) is 0 Å². The molecular formula is C21H24IN3O5. The number of hydrogen-bond donors (Lipinski definition) is 2. The number of nitrogens with one attached hydrogen (secondary N) is 2. The van der Waals surface area contributed by atoms with Crippen LogP contribution < -0.4 is 25.0 Å². The molecule has 2 rings (SSSR count). The lowest BCUT2D eigenvalue weighted by Gasteiger charge is -2.13. The first-order chi connectivity index (χ1) is 14.4. The molecule has 1 unspecified atom stereocenters. The lowest BCUT2D eigenvalue weighted by atomic mass is 10.2. The van der Waals surface area contributed by atoms with Gasteiger partial charge in [0.25, 0.3) is 11.8 Å². The van der Waals surface area contributed by atoms with E-state index in [1.807, 2.05) is 13.0 Å². The molecule has 0 aliphatic carbocycles. The number of rotatable bonds is 9. The minimum atomic E-state index is -0.772. The van der Waals surface area contributed by atoms with E-state index in [2.05, 4.69) is 38.4 Å². The molecule has 2 N–H and O–H groups in total. The van der Waals surface area contributed by atoms with Gasteiger partial charge < -0.3 is 19.5 Å². The van der Waals surface area contributed by atoms with E-state index in [0.717, 1.165) is 9.13 Å². The Balaban J connectivity index is 1.96. The summed E-state index contributed by atoms with van der Waals surface area (Å²) in [5.41, 5.74) is 3.58. The highest BCUT2D eigenvalue weighted by atomic mass is 127. The van der Waals surface area contributed by atoms with Crippen molar-refractivity contribution in [3.63, 3.8) is 0 Å². The van der Waals surface area contributed by atoms with Gasteiger partial charge in [0.15, 0.2) is 11.5 Å². The molecule has 0 aliphatic rings. The van der Waals surface area contributed by atoms with Crippen LogP contribution in [-0.4, -0.2) is 44.9 Å². The summed E-state index contributed by atoms with van der Waals surface area (Å²) in [6.07, 6.45) is 1.50. The Morgan fingerprint density at radius 3 is 2.47 bits per heavy atom. The van der Waals surface area contributed by atoms with Gasteiger partial charge in [-0.1, -0.05) is 0 Å². The normalized spacial score (nSPS) is 11.6. The number of amides is 2. The molecule has 2 aromatic rings. The number of hydrogen-bond acceptors (Lipinski definition) is 6. The highest BCUT2D eigenvalue weighted by molar-refractivity contribution is 14.1. The maximum atomic E-state index is 12.3. The molecule has 30 heavy (non-hydrogen) atoms. The van der Waals surface area contributed by atoms with Crippen molar-refractivity contribution in [2.75, 3.05) is 20.8 Å². The van der Waals surface area contributed by atoms with Crippen LogP contribution in [0.3, 0.4) is 0 Å². The van der Waals surface area contributed by atoms with Crippen LogP contribution in [0.4, 0.5) is 0 Å². The van der Waals surface area contributed by atoms with E-state index < -0.39 is 11.9 Å². The van der Waals surface area contributed by atoms with Gasteiger partial charge in [-0.15, -0.1) is 0 Å². The molecule has 160 valence electrons. The average molecular weight is 525 g/mol. The Morgan fingerprint density at radius 1 is 1.17 bits per heavy atom. The van der Waals surface area contributed by atoms with Gasteiger partial charge in [-0.3, -0.25) is 9.59 Å². The summed E-state index contributed by atoms with van der Waals surface area (Å²) in [7, 11) is 3.11. The lowest BCUT2D eigenvalue weighted by Crippen LogP contribution is -2.43. The number of halogens is 1. The minimum Gasteiger partial charge on any atom is -0.497 e. The third-order valence-corrected chi connectivity index (χ3v) is 4.82. The third kappa shape index (κ3) is 6.34. The molecule has 9 heteroatoms. The van der Waals surface area contributed by atoms with Crippen LogP contribution in [0.1, 0.15) is 29.8 Å². The van der Waals surface area contributed by atoms with E-state index in [1.165, 1.54) is 6.21 Å². The van der Waals surface area contributed by atoms with Crippen LogP contribution >= 0.6 is 22.6 Å². The van der Waals surface area contributed by atoms with Gasteiger partial charge in [0, 0.05) is 5.56 Å². The van der Waals surface area contributed by atoms with Gasteiger partial charge in [0.05, 0.1) is 30.6 Å². The number of carbonyl (C=O) groups is 2. The summed E-state index contributed by atoms with van der Waals surface area (Å²) in [5, 5.41) is 6.59. The maximum Gasteiger partial charge on any atom is 0.262 e. The van der Waals surface area contributed by atoms with Crippen LogP contribution in [0.5, 0.6) is 17.2 Å². The Labute approximate surface area is 189 Å². The van der Waals surface area contributed by atoms with Gasteiger partial charge in [0.2, 0.25) is 0 Å². The van der Waals surface area contributed by atoms with E-state index in [0.29, 0.717) is 29.4 Å². The highest BCUT2D eigenvalue weighted by Crippen LogP contribution is 2.33. The third-order valence-electron chi connectivity index (χ3n) is 4.02. The molecule has 1 atom stereocenters.